The molecule has 15 heteroatoms. The van der Waals surface area contributed by atoms with E-state index in [1.807, 2.05) is 31.2 Å². The molecule has 4 aromatic carbocycles. The summed E-state index contributed by atoms with van der Waals surface area (Å²) >= 11 is -2.22. The second-order valence-electron chi connectivity index (χ2n) is 12.2. The van der Waals surface area contributed by atoms with E-state index in [9.17, 15) is 21.6 Å². The Balaban J connectivity index is 0.000000406. The van der Waals surface area contributed by atoms with Gasteiger partial charge in [-0.2, -0.15) is 0 Å². The van der Waals surface area contributed by atoms with Crippen LogP contribution >= 0.6 is 25.7 Å². The number of carbonyl (C=O) groups is 1. The predicted octanol–water partition coefficient (Wildman–Crippen LogP) is 9.66. The molecule has 2 aliphatic carbocycles. The molecule has 1 heterocycles. The summed E-state index contributed by atoms with van der Waals surface area (Å²) in [4.78, 5) is 10.4. The van der Waals surface area contributed by atoms with Crippen LogP contribution in [-0.4, -0.2) is 41.0 Å². The van der Waals surface area contributed by atoms with Gasteiger partial charge in [-0.1, -0.05) is 105 Å². The fourth-order valence-corrected chi connectivity index (χ4v) is 6.80. The number of benzene rings is 4. The molecular formula is C40H50Cl3InN4O5S2. The van der Waals surface area contributed by atoms with Crippen LogP contribution in [0.15, 0.2) is 137 Å². The van der Waals surface area contributed by atoms with Gasteiger partial charge in [0.2, 0.25) is 20.0 Å². The van der Waals surface area contributed by atoms with Gasteiger partial charge in [-0.15, -0.1) is 0 Å². The van der Waals surface area contributed by atoms with E-state index in [2.05, 4.69) is 73.0 Å². The van der Waals surface area contributed by atoms with Gasteiger partial charge in [-0.05, 0) is 92.3 Å². The van der Waals surface area contributed by atoms with E-state index in [-0.39, 0.29) is 36.6 Å². The number of hydrogen-bond acceptors (Lipinski definition) is 7. The zero-order valence-corrected chi connectivity index (χ0v) is 36.3. The number of nitrogen functional groups attached to an aromatic ring is 1. The molecule has 3 atom stereocenters. The fraction of sp³-hybridized carbons (Fsp3) is 0.225. The molecule has 7 rings (SSSR count). The Hall–Kier alpha value is -3.07. The number of nitrogens with one attached hydrogen (secondary N) is 1. The summed E-state index contributed by atoms with van der Waals surface area (Å²) in [6, 6.07) is 27.1. The van der Waals surface area contributed by atoms with Gasteiger partial charge in [-0.25, -0.2) is 27.1 Å². The molecule has 55 heavy (non-hydrogen) atoms. The minimum absolute atomic E-state index is 0. The van der Waals surface area contributed by atoms with Crippen molar-refractivity contribution in [3.05, 3.63) is 155 Å². The molecule has 296 valence electrons. The number of nitrogens with two attached hydrogens (primary N) is 3. The van der Waals surface area contributed by atoms with Gasteiger partial charge in [0.1, 0.15) is 6.29 Å². The normalized spacial score (nSPS) is 16.7. The summed E-state index contributed by atoms with van der Waals surface area (Å²) < 4.78 is 44.7. The summed E-state index contributed by atoms with van der Waals surface area (Å²) in [6.45, 7) is 4.07. The molecule has 0 saturated carbocycles. The number of carbonyl (C=O) groups excluding carboxylic acids is 1. The molecular weight excluding hydrogens is 902 g/mol. The molecule has 0 spiro atoms. The van der Waals surface area contributed by atoms with Crippen LogP contribution in [0.5, 0.6) is 0 Å². The van der Waals surface area contributed by atoms with E-state index in [0.29, 0.717) is 11.6 Å². The topological polar surface area (TPSA) is 175 Å². The first-order chi connectivity index (χ1) is 25.0. The zero-order chi connectivity index (χ0) is 39.2. The van der Waals surface area contributed by atoms with Gasteiger partial charge in [-0.3, -0.25) is 4.79 Å². The molecule has 0 fully saturated rings. The van der Waals surface area contributed by atoms with Gasteiger partial charge < -0.3 is 11.1 Å². The molecule has 0 amide bonds. The molecule has 3 unspecified atom stereocenters. The number of fused-ring (bicyclic) bond motifs is 3. The van der Waals surface area contributed by atoms with Crippen molar-refractivity contribution in [3.63, 3.8) is 0 Å². The average molecular weight is 952 g/mol. The SMILES string of the molecule is C.C.C1=CCC=C1.Cc1cccc(C2Nc3ccc(S(N)(=O)=O)cc3C3C=CCC32)c1.Cc1cccc(C=O)c1.Nc1ccc(S(N)(=O)=O)cc1.[Cl][In]([Cl])[Cl]. The van der Waals surface area contributed by atoms with Crippen molar-refractivity contribution >= 4 is 81.3 Å². The van der Waals surface area contributed by atoms with Crippen LogP contribution < -0.4 is 21.3 Å². The molecule has 0 bridgehead atoms. The van der Waals surface area contributed by atoms with E-state index < -0.39 is 37.9 Å². The fourth-order valence-electron chi connectivity index (χ4n) is 5.74. The molecule has 9 nitrogen and oxygen atoms in total. The van der Waals surface area contributed by atoms with Crippen LogP contribution in [0.25, 0.3) is 0 Å². The van der Waals surface area contributed by atoms with E-state index in [1.54, 1.807) is 18.2 Å². The van der Waals surface area contributed by atoms with Crippen molar-refractivity contribution in [2.24, 2.45) is 16.2 Å². The number of anilines is 2. The Morgan fingerprint density at radius 1 is 0.745 bits per heavy atom. The molecule has 0 radical (unpaired) electrons. The number of hydrogen-bond donors (Lipinski definition) is 4. The maximum atomic E-state index is 11.7. The van der Waals surface area contributed by atoms with E-state index in [4.69, 9.17) is 41.7 Å². The third kappa shape index (κ3) is 16.9. The number of sulfonamides is 2. The van der Waals surface area contributed by atoms with Gasteiger partial charge in [0.05, 0.1) is 15.8 Å². The van der Waals surface area contributed by atoms with Crippen molar-refractivity contribution in [2.75, 3.05) is 11.1 Å². The number of halogens is 3. The quantitative estimate of drug-likeness (QED) is 0.0895. The second kappa shape index (κ2) is 23.9. The Labute approximate surface area is 346 Å². The van der Waals surface area contributed by atoms with Crippen LogP contribution in [-0.2, 0) is 20.0 Å². The molecule has 4 aromatic rings. The monoisotopic (exact) mass is 950 g/mol. The summed E-state index contributed by atoms with van der Waals surface area (Å²) in [5, 5.41) is 13.7. The third-order valence-electron chi connectivity index (χ3n) is 8.11. The molecule has 1 aliphatic heterocycles. The van der Waals surface area contributed by atoms with Crippen LogP contribution in [0.2, 0.25) is 0 Å². The first-order valence-corrected chi connectivity index (χ1v) is 31.9. The van der Waals surface area contributed by atoms with Crippen molar-refractivity contribution in [2.45, 2.75) is 63.3 Å². The third-order valence-corrected chi connectivity index (χ3v) is 9.95. The molecule has 0 saturated heterocycles. The number of rotatable bonds is 4. The summed E-state index contributed by atoms with van der Waals surface area (Å²) in [5.74, 6) is 0.600. The van der Waals surface area contributed by atoms with Crippen molar-refractivity contribution in [1.82, 2.24) is 0 Å². The van der Waals surface area contributed by atoms with Gasteiger partial charge in [0.25, 0.3) is 0 Å². The number of allylic oxidation sites excluding steroid dienone is 6. The van der Waals surface area contributed by atoms with E-state index >= 15 is 0 Å². The molecule has 7 N–H and O–H groups in total. The first kappa shape index (κ1) is 49.9. The van der Waals surface area contributed by atoms with Gasteiger partial charge in [0.15, 0.2) is 0 Å². The predicted molar refractivity (Wildman–Crippen MR) is 234 cm³/mol. The standard InChI is InChI=1S/C19H20N2O2S.C8H8O.C6H8N2O2S.C5H6.2CH4.3ClH.In/c1-12-4-2-5-13(10-12)19-16-7-3-6-15(16)17-11-14(24(20,22)23)8-9-18(17)21-19;1-7-3-2-4-8(5-7)6-9;7-5-1-3-6(4-2-5)11(8,9)10;1-2-4-5-3-1;;;;;;/h2-6,8-11,15-16,19,21H,7H2,1H3,(H2,20,22,23);2-6H,1H3;1-4H,7H2,(H2,8,9,10);1-4H,5H2;2*1H4;3*1H;/q;;;;;;;;;+3/p-3. The van der Waals surface area contributed by atoms with Crippen LogP contribution in [0, 0.1) is 19.8 Å². The zero-order valence-electron chi connectivity index (χ0n) is 29.1. The van der Waals surface area contributed by atoms with E-state index in [1.165, 1.54) is 35.4 Å². The van der Waals surface area contributed by atoms with E-state index in [0.717, 1.165) is 41.5 Å². The Morgan fingerprint density at radius 2 is 1.29 bits per heavy atom. The summed E-state index contributed by atoms with van der Waals surface area (Å²) in [6.07, 6.45) is 15.7. The Bertz CT molecular complexity index is 2140. The maximum absolute atomic E-state index is 11.7. The number of aldehydes is 1. The van der Waals surface area contributed by atoms with Crippen molar-refractivity contribution < 1.29 is 21.6 Å². The van der Waals surface area contributed by atoms with Crippen LogP contribution in [0.4, 0.5) is 11.4 Å². The van der Waals surface area contributed by atoms with Crippen molar-refractivity contribution in [3.8, 4) is 0 Å². The Morgan fingerprint density at radius 3 is 1.76 bits per heavy atom. The van der Waals surface area contributed by atoms with Gasteiger partial charge in [0, 0.05) is 22.9 Å². The molecule has 3 aliphatic rings. The number of primary sulfonamides is 2. The summed E-state index contributed by atoms with van der Waals surface area (Å²) in [7, 11) is 7.78. The van der Waals surface area contributed by atoms with Crippen LogP contribution in [0.1, 0.15) is 72.3 Å². The minimum atomic E-state index is -3.69. The second-order valence-corrected chi connectivity index (χ2v) is 30.0. The Kier molecular flexibility index (Phi) is 21.7. The molecule has 0 aromatic heterocycles. The van der Waals surface area contributed by atoms with Crippen LogP contribution in [0.3, 0.4) is 0 Å². The number of aryl methyl sites for hydroxylation is 2. The average Bonchev–Trinajstić information content (AvgIpc) is 3.84. The van der Waals surface area contributed by atoms with Crippen molar-refractivity contribution in [1.29, 1.82) is 0 Å². The first-order valence-electron chi connectivity index (χ1n) is 16.3. The summed E-state index contributed by atoms with van der Waals surface area (Å²) in [5.41, 5.74) is 12.2. The van der Waals surface area contributed by atoms with Gasteiger partial charge >= 0.3 is 43.6 Å².